The first-order valence-electron chi connectivity index (χ1n) is 8.76. The second-order valence-corrected chi connectivity index (χ2v) is 6.99. The number of anilines is 1. The molecule has 0 saturated carbocycles. The van der Waals surface area contributed by atoms with Crippen LogP contribution in [-0.4, -0.2) is 57.7 Å². The number of fused-ring (bicyclic) bond motifs is 2. The molecule has 0 radical (unpaired) electrons. The number of hydrogen-bond acceptors (Lipinski definition) is 7. The summed E-state index contributed by atoms with van der Waals surface area (Å²) in [6, 6.07) is 6.34. The van der Waals surface area contributed by atoms with Gasteiger partial charge >= 0.3 is 0 Å². The highest BCUT2D eigenvalue weighted by molar-refractivity contribution is 5.90. The van der Waals surface area contributed by atoms with Crippen molar-refractivity contribution in [3.63, 3.8) is 0 Å². The fraction of sp³-hybridized carbons (Fsp3) is 0.444. The molecule has 2 bridgehead atoms. The van der Waals surface area contributed by atoms with Gasteiger partial charge in [0.1, 0.15) is 17.7 Å². The van der Waals surface area contributed by atoms with Crippen LogP contribution in [0, 0.1) is 5.92 Å². The third-order valence-electron chi connectivity index (χ3n) is 5.49. The Morgan fingerprint density at radius 1 is 1.16 bits per heavy atom. The standard InChI is InChI=1S/C18H20N6O/c1-5-19-6-2-13(1)15-9-16(22-12-21-15)23-17-20-10-18(25-17)11-24-7-3-14(18)4-8-24/h1-2,5-6,9,12,14H,3-4,7-8,10-11H2,(H,20,21,22,23)/t18-/m0/s1. The number of piperidine rings is 3. The molecular weight excluding hydrogens is 316 g/mol. The smallest absolute Gasteiger partial charge is 0.291 e. The number of nitrogens with one attached hydrogen (secondary N) is 1. The van der Waals surface area contributed by atoms with Crippen molar-refractivity contribution in [2.75, 3.05) is 31.5 Å². The van der Waals surface area contributed by atoms with Gasteiger partial charge in [-0.2, -0.15) is 0 Å². The van der Waals surface area contributed by atoms with Gasteiger partial charge in [-0.05, 0) is 38.1 Å². The van der Waals surface area contributed by atoms with Gasteiger partial charge in [0.15, 0.2) is 0 Å². The zero-order valence-electron chi connectivity index (χ0n) is 13.9. The van der Waals surface area contributed by atoms with E-state index in [2.05, 4.69) is 30.2 Å². The van der Waals surface area contributed by atoms with E-state index in [0.29, 0.717) is 17.8 Å². The maximum atomic E-state index is 6.30. The summed E-state index contributed by atoms with van der Waals surface area (Å²) >= 11 is 0. The van der Waals surface area contributed by atoms with Gasteiger partial charge in [-0.3, -0.25) is 15.2 Å². The molecule has 3 fully saturated rings. The summed E-state index contributed by atoms with van der Waals surface area (Å²) < 4.78 is 6.30. The van der Waals surface area contributed by atoms with Gasteiger partial charge in [0.05, 0.1) is 12.2 Å². The molecule has 4 aliphatic rings. The summed E-state index contributed by atoms with van der Waals surface area (Å²) in [6.45, 7) is 4.11. The highest BCUT2D eigenvalue weighted by atomic mass is 16.5. The Morgan fingerprint density at radius 3 is 2.76 bits per heavy atom. The molecule has 6 heterocycles. The molecule has 1 N–H and O–H groups in total. The topological polar surface area (TPSA) is 75.5 Å². The van der Waals surface area contributed by atoms with Gasteiger partial charge in [-0.15, -0.1) is 0 Å². The van der Waals surface area contributed by atoms with Crippen molar-refractivity contribution < 1.29 is 4.74 Å². The van der Waals surface area contributed by atoms with Crippen molar-refractivity contribution in [2.45, 2.75) is 18.4 Å². The van der Waals surface area contributed by atoms with Crippen molar-refractivity contribution in [2.24, 2.45) is 10.9 Å². The molecule has 128 valence electrons. The molecule has 6 rings (SSSR count). The molecule has 0 amide bonds. The molecule has 0 unspecified atom stereocenters. The predicted molar refractivity (Wildman–Crippen MR) is 94.2 cm³/mol. The van der Waals surface area contributed by atoms with Crippen molar-refractivity contribution in [3.05, 3.63) is 36.9 Å². The van der Waals surface area contributed by atoms with Gasteiger partial charge in [-0.25, -0.2) is 15.0 Å². The minimum absolute atomic E-state index is 0.139. The number of aliphatic imine (C=N–C) groups is 1. The Bertz CT molecular complexity index is 802. The Kier molecular flexibility index (Phi) is 3.41. The first-order chi connectivity index (χ1) is 12.3. The van der Waals surface area contributed by atoms with Crippen LogP contribution in [0.1, 0.15) is 12.8 Å². The summed E-state index contributed by atoms with van der Waals surface area (Å²) in [6.07, 6.45) is 7.49. The normalized spacial score (nSPS) is 30.2. The van der Waals surface area contributed by atoms with Crippen LogP contribution in [0.3, 0.4) is 0 Å². The van der Waals surface area contributed by atoms with Gasteiger partial charge < -0.3 is 4.74 Å². The van der Waals surface area contributed by atoms with Crippen molar-refractivity contribution in [1.29, 1.82) is 0 Å². The van der Waals surface area contributed by atoms with E-state index in [9.17, 15) is 0 Å². The van der Waals surface area contributed by atoms with Gasteiger partial charge in [0.2, 0.25) is 0 Å². The minimum Gasteiger partial charge on any atom is -0.455 e. The zero-order valence-corrected chi connectivity index (χ0v) is 13.9. The number of rotatable bonds is 2. The van der Waals surface area contributed by atoms with Crippen molar-refractivity contribution >= 4 is 11.8 Å². The maximum Gasteiger partial charge on any atom is 0.291 e. The molecule has 0 aliphatic carbocycles. The molecule has 7 heteroatoms. The van der Waals surface area contributed by atoms with E-state index in [1.807, 2.05) is 18.2 Å². The summed E-state index contributed by atoms with van der Waals surface area (Å²) in [7, 11) is 0. The summed E-state index contributed by atoms with van der Waals surface area (Å²) in [4.78, 5) is 19.8. The molecule has 25 heavy (non-hydrogen) atoms. The Balaban J connectivity index is 1.32. The van der Waals surface area contributed by atoms with E-state index < -0.39 is 0 Å². The number of aromatic nitrogens is 3. The number of pyridine rings is 1. The van der Waals surface area contributed by atoms with Crippen LogP contribution in [-0.2, 0) is 4.74 Å². The monoisotopic (exact) mass is 336 g/mol. The lowest BCUT2D eigenvalue weighted by Gasteiger charge is -2.50. The third-order valence-corrected chi connectivity index (χ3v) is 5.49. The predicted octanol–water partition coefficient (Wildman–Crippen LogP) is 1.80. The average molecular weight is 336 g/mol. The zero-order chi connectivity index (χ0) is 16.7. The molecule has 1 spiro atoms. The number of amidine groups is 1. The van der Waals surface area contributed by atoms with E-state index in [-0.39, 0.29) is 5.60 Å². The third kappa shape index (κ3) is 2.64. The fourth-order valence-electron chi connectivity index (χ4n) is 4.16. The van der Waals surface area contributed by atoms with Gasteiger partial charge in [0.25, 0.3) is 6.02 Å². The van der Waals surface area contributed by atoms with Crippen LogP contribution >= 0.6 is 0 Å². The molecule has 1 atom stereocenters. The lowest BCUT2D eigenvalue weighted by molar-refractivity contribution is -0.0829. The van der Waals surface area contributed by atoms with Crippen LogP contribution in [0.2, 0.25) is 0 Å². The lowest BCUT2D eigenvalue weighted by atomic mass is 9.75. The van der Waals surface area contributed by atoms with Crippen molar-refractivity contribution in [3.8, 4) is 11.3 Å². The summed E-state index contributed by atoms with van der Waals surface area (Å²) in [5.74, 6) is 1.30. The fourth-order valence-corrected chi connectivity index (χ4v) is 4.16. The molecular formula is C18H20N6O. The van der Waals surface area contributed by atoms with E-state index in [1.165, 1.54) is 25.9 Å². The summed E-state index contributed by atoms with van der Waals surface area (Å²) in [5, 5.41) is 3.22. The van der Waals surface area contributed by atoms with E-state index in [0.717, 1.165) is 24.3 Å². The highest BCUT2D eigenvalue weighted by Gasteiger charge is 2.51. The molecule has 2 aromatic rings. The highest BCUT2D eigenvalue weighted by Crippen LogP contribution is 2.40. The minimum atomic E-state index is -0.139. The quantitative estimate of drug-likeness (QED) is 0.901. The number of ether oxygens (including phenoxy) is 1. The number of hydrogen-bond donors (Lipinski definition) is 1. The Labute approximate surface area is 146 Å². The van der Waals surface area contributed by atoms with Crippen LogP contribution < -0.4 is 5.32 Å². The number of nitrogens with zero attached hydrogens (tertiary/aromatic N) is 5. The van der Waals surface area contributed by atoms with E-state index in [1.54, 1.807) is 18.7 Å². The first kappa shape index (κ1) is 14.8. The average Bonchev–Trinajstić information content (AvgIpc) is 3.05. The van der Waals surface area contributed by atoms with Crippen LogP contribution in [0.25, 0.3) is 11.3 Å². The molecule has 4 aliphatic heterocycles. The largest absolute Gasteiger partial charge is 0.455 e. The lowest BCUT2D eigenvalue weighted by Crippen LogP contribution is -2.61. The SMILES string of the molecule is c1cc(-c2cc(NC3=NC[C@@]4(CN5CCC4CC5)O3)ncn2)ccn1. The second kappa shape index (κ2) is 5.77. The second-order valence-electron chi connectivity index (χ2n) is 6.99. The summed E-state index contributed by atoms with van der Waals surface area (Å²) in [5.41, 5.74) is 1.71. The van der Waals surface area contributed by atoms with E-state index in [4.69, 9.17) is 4.74 Å². The van der Waals surface area contributed by atoms with Crippen LogP contribution in [0.15, 0.2) is 41.9 Å². The molecule has 3 saturated heterocycles. The van der Waals surface area contributed by atoms with Crippen molar-refractivity contribution in [1.82, 2.24) is 19.9 Å². The van der Waals surface area contributed by atoms with Gasteiger partial charge in [-0.1, -0.05) is 0 Å². The molecule has 0 aromatic carbocycles. The Hall–Kier alpha value is -2.54. The van der Waals surface area contributed by atoms with Crippen LogP contribution in [0.5, 0.6) is 0 Å². The molecule has 2 aromatic heterocycles. The molecule has 7 nitrogen and oxygen atoms in total. The first-order valence-corrected chi connectivity index (χ1v) is 8.76. The Morgan fingerprint density at radius 2 is 2.00 bits per heavy atom. The van der Waals surface area contributed by atoms with Gasteiger partial charge in [0, 0.05) is 36.5 Å². The van der Waals surface area contributed by atoms with Crippen LogP contribution in [0.4, 0.5) is 5.82 Å². The van der Waals surface area contributed by atoms with E-state index >= 15 is 0 Å². The maximum absolute atomic E-state index is 6.30.